The summed E-state index contributed by atoms with van der Waals surface area (Å²) < 4.78 is 11.2. The van der Waals surface area contributed by atoms with Gasteiger partial charge in [0.1, 0.15) is 5.75 Å². The fraction of sp³-hybridized carbons (Fsp3) is 0.167. The van der Waals surface area contributed by atoms with Crippen LogP contribution in [0, 0.1) is 18.3 Å². The van der Waals surface area contributed by atoms with E-state index in [0.29, 0.717) is 16.5 Å². The van der Waals surface area contributed by atoms with Crippen LogP contribution in [-0.2, 0) is 0 Å². The zero-order valence-corrected chi connectivity index (χ0v) is 15.2. The SMILES string of the molecule is Cc1cc(-c2c(OC(=S)N(C)C)ccc3cnsc23)ccc1C#N. The van der Waals surface area contributed by atoms with E-state index in [1.165, 1.54) is 11.5 Å². The van der Waals surface area contributed by atoms with Crippen molar-refractivity contribution < 1.29 is 4.74 Å². The van der Waals surface area contributed by atoms with E-state index in [-0.39, 0.29) is 0 Å². The van der Waals surface area contributed by atoms with Crippen LogP contribution in [0.2, 0.25) is 0 Å². The molecule has 24 heavy (non-hydrogen) atoms. The number of ether oxygens (including phenoxy) is 1. The molecule has 0 atom stereocenters. The number of nitrogens with zero attached hydrogens (tertiary/aromatic N) is 3. The minimum absolute atomic E-state index is 0.394. The van der Waals surface area contributed by atoms with Crippen LogP contribution >= 0.6 is 23.8 Å². The molecule has 120 valence electrons. The van der Waals surface area contributed by atoms with Gasteiger partial charge in [-0.1, -0.05) is 6.07 Å². The summed E-state index contributed by atoms with van der Waals surface area (Å²) in [7, 11) is 3.69. The van der Waals surface area contributed by atoms with Crippen molar-refractivity contribution in [3.8, 4) is 22.9 Å². The Balaban J connectivity index is 2.20. The van der Waals surface area contributed by atoms with Gasteiger partial charge in [0.2, 0.25) is 0 Å². The van der Waals surface area contributed by atoms with Crippen molar-refractivity contribution in [1.82, 2.24) is 9.27 Å². The van der Waals surface area contributed by atoms with Gasteiger partial charge in [-0.3, -0.25) is 0 Å². The van der Waals surface area contributed by atoms with E-state index < -0.39 is 0 Å². The van der Waals surface area contributed by atoms with Crippen LogP contribution < -0.4 is 4.74 Å². The molecular formula is C18H15N3OS2. The predicted molar refractivity (Wildman–Crippen MR) is 101 cm³/mol. The van der Waals surface area contributed by atoms with Gasteiger partial charge in [-0.25, -0.2) is 0 Å². The first-order chi connectivity index (χ1) is 11.5. The largest absolute Gasteiger partial charge is 0.431 e. The van der Waals surface area contributed by atoms with Gasteiger partial charge in [0, 0.05) is 31.2 Å². The van der Waals surface area contributed by atoms with Crippen LogP contribution in [0.4, 0.5) is 0 Å². The maximum Gasteiger partial charge on any atom is 0.264 e. The minimum atomic E-state index is 0.394. The highest BCUT2D eigenvalue weighted by Crippen LogP contribution is 2.39. The van der Waals surface area contributed by atoms with Crippen molar-refractivity contribution >= 4 is 39.0 Å². The summed E-state index contributed by atoms with van der Waals surface area (Å²) in [6, 6.07) is 11.9. The van der Waals surface area contributed by atoms with Crippen molar-refractivity contribution in [1.29, 1.82) is 5.26 Å². The molecule has 0 aliphatic heterocycles. The van der Waals surface area contributed by atoms with Crippen molar-refractivity contribution in [2.75, 3.05) is 14.1 Å². The van der Waals surface area contributed by atoms with E-state index in [1.807, 2.05) is 57.5 Å². The molecule has 4 nitrogen and oxygen atoms in total. The molecule has 0 N–H and O–H groups in total. The van der Waals surface area contributed by atoms with Gasteiger partial charge in [-0.05, 0) is 66.1 Å². The summed E-state index contributed by atoms with van der Waals surface area (Å²) in [5.41, 5.74) is 3.53. The normalized spacial score (nSPS) is 10.4. The van der Waals surface area contributed by atoms with Gasteiger partial charge < -0.3 is 9.64 Å². The van der Waals surface area contributed by atoms with Crippen LogP contribution in [0.1, 0.15) is 11.1 Å². The lowest BCUT2D eigenvalue weighted by Gasteiger charge is -2.17. The Hall–Kier alpha value is -2.49. The second-order valence-electron chi connectivity index (χ2n) is 5.59. The number of fused-ring (bicyclic) bond motifs is 1. The van der Waals surface area contributed by atoms with Crippen molar-refractivity contribution in [3.05, 3.63) is 47.7 Å². The standard InChI is InChI=1S/C18H15N3OS2/c1-11-8-12(4-5-13(11)9-19)16-15(22-18(23)21(2)3)7-6-14-10-20-24-17(14)16/h4-8,10H,1-3H3. The van der Waals surface area contributed by atoms with E-state index in [1.54, 1.807) is 4.90 Å². The molecule has 1 heterocycles. The first-order valence-corrected chi connectivity index (χ1v) is 8.47. The highest BCUT2D eigenvalue weighted by atomic mass is 32.1. The van der Waals surface area contributed by atoms with E-state index in [9.17, 15) is 0 Å². The predicted octanol–water partition coefficient (Wildman–Crippen LogP) is 4.37. The minimum Gasteiger partial charge on any atom is -0.431 e. The summed E-state index contributed by atoms with van der Waals surface area (Å²) in [6.07, 6.45) is 1.84. The number of hydrogen-bond acceptors (Lipinski definition) is 5. The van der Waals surface area contributed by atoms with E-state index in [4.69, 9.17) is 22.2 Å². The lowest BCUT2D eigenvalue weighted by Crippen LogP contribution is -2.25. The highest BCUT2D eigenvalue weighted by molar-refractivity contribution is 7.80. The Bertz CT molecular complexity index is 970. The maximum atomic E-state index is 9.15. The van der Waals surface area contributed by atoms with Crippen LogP contribution in [0.15, 0.2) is 36.5 Å². The number of hydrogen-bond donors (Lipinski definition) is 0. The van der Waals surface area contributed by atoms with E-state index in [0.717, 1.165) is 26.8 Å². The smallest absolute Gasteiger partial charge is 0.264 e. The van der Waals surface area contributed by atoms with Gasteiger partial charge in [-0.15, -0.1) is 0 Å². The van der Waals surface area contributed by atoms with Gasteiger partial charge in [0.25, 0.3) is 5.17 Å². The molecule has 0 fully saturated rings. The number of aryl methyl sites for hydroxylation is 1. The lowest BCUT2D eigenvalue weighted by molar-refractivity contribution is 0.451. The van der Waals surface area contributed by atoms with Crippen molar-refractivity contribution in [3.63, 3.8) is 0 Å². The molecule has 0 radical (unpaired) electrons. The summed E-state index contributed by atoms with van der Waals surface area (Å²) in [6.45, 7) is 1.93. The van der Waals surface area contributed by atoms with Gasteiger partial charge in [0.05, 0.1) is 16.3 Å². The second-order valence-corrected chi connectivity index (χ2v) is 6.74. The molecule has 0 spiro atoms. The number of nitriles is 1. The quantitative estimate of drug-likeness (QED) is 0.640. The lowest BCUT2D eigenvalue weighted by atomic mass is 9.99. The molecular weight excluding hydrogens is 338 g/mol. The Morgan fingerprint density at radius 2 is 2.08 bits per heavy atom. The third-order valence-electron chi connectivity index (χ3n) is 3.68. The van der Waals surface area contributed by atoms with Crippen LogP contribution in [0.5, 0.6) is 5.75 Å². The number of benzene rings is 2. The molecule has 1 aromatic heterocycles. The van der Waals surface area contributed by atoms with Crippen LogP contribution in [0.3, 0.4) is 0 Å². The van der Waals surface area contributed by atoms with Gasteiger partial charge >= 0.3 is 0 Å². The maximum absolute atomic E-state index is 9.15. The molecule has 0 unspecified atom stereocenters. The summed E-state index contributed by atoms with van der Waals surface area (Å²) >= 11 is 6.71. The first-order valence-electron chi connectivity index (χ1n) is 7.29. The fourth-order valence-electron chi connectivity index (χ4n) is 2.40. The number of rotatable bonds is 2. The highest BCUT2D eigenvalue weighted by Gasteiger charge is 2.16. The third-order valence-corrected chi connectivity index (χ3v) is 4.97. The van der Waals surface area contributed by atoms with Crippen LogP contribution in [-0.4, -0.2) is 28.5 Å². The molecule has 0 aliphatic rings. The molecule has 0 saturated heterocycles. The summed E-state index contributed by atoms with van der Waals surface area (Å²) in [4.78, 5) is 1.75. The molecule has 2 aromatic carbocycles. The Morgan fingerprint density at radius 3 is 2.75 bits per heavy atom. The topological polar surface area (TPSA) is 49.1 Å². The molecule has 3 aromatic rings. The van der Waals surface area contributed by atoms with Gasteiger partial charge in [0.15, 0.2) is 0 Å². The van der Waals surface area contributed by atoms with Crippen molar-refractivity contribution in [2.45, 2.75) is 6.92 Å². The second kappa shape index (κ2) is 6.56. The number of thiocarbonyl (C=S) groups is 1. The molecule has 0 bridgehead atoms. The molecule has 3 rings (SSSR count). The van der Waals surface area contributed by atoms with Crippen molar-refractivity contribution in [2.24, 2.45) is 0 Å². The number of aromatic nitrogens is 1. The molecule has 0 aliphatic carbocycles. The Kier molecular flexibility index (Phi) is 4.47. The van der Waals surface area contributed by atoms with E-state index in [2.05, 4.69) is 10.4 Å². The first kappa shape index (κ1) is 16.4. The fourth-order valence-corrected chi connectivity index (χ4v) is 3.30. The molecule has 0 amide bonds. The molecule has 0 saturated carbocycles. The Labute approximate surface area is 150 Å². The van der Waals surface area contributed by atoms with Gasteiger partial charge in [-0.2, -0.15) is 9.64 Å². The average molecular weight is 353 g/mol. The zero-order chi connectivity index (χ0) is 17.3. The zero-order valence-electron chi connectivity index (χ0n) is 13.5. The third kappa shape index (κ3) is 2.96. The monoisotopic (exact) mass is 353 g/mol. The summed E-state index contributed by atoms with van der Waals surface area (Å²) in [5.74, 6) is 0.689. The van der Waals surface area contributed by atoms with E-state index >= 15 is 0 Å². The average Bonchev–Trinajstić information content (AvgIpc) is 3.03. The van der Waals surface area contributed by atoms with Crippen LogP contribution in [0.25, 0.3) is 21.2 Å². The summed E-state index contributed by atoms with van der Waals surface area (Å²) in [5, 5.41) is 10.6. The Morgan fingerprint density at radius 1 is 1.29 bits per heavy atom. The molecule has 6 heteroatoms.